The maximum absolute atomic E-state index is 12.2. The molecule has 1 fully saturated rings. The Kier molecular flexibility index (Phi) is 7.63. The van der Waals surface area contributed by atoms with Crippen molar-refractivity contribution in [3.63, 3.8) is 0 Å². The minimum absolute atomic E-state index is 0.204. The van der Waals surface area contributed by atoms with E-state index >= 15 is 0 Å². The number of hydrogen-bond donors (Lipinski definition) is 4. The molecule has 9 nitrogen and oxygen atoms in total. The summed E-state index contributed by atoms with van der Waals surface area (Å²) >= 11 is 0. The van der Waals surface area contributed by atoms with Crippen LogP contribution in [0, 0.1) is 5.92 Å². The molecule has 1 saturated heterocycles. The van der Waals surface area contributed by atoms with Crippen molar-refractivity contribution in [2.75, 3.05) is 19.6 Å². The van der Waals surface area contributed by atoms with Gasteiger partial charge >= 0.3 is 0 Å². The molecule has 4 amide bonds. The summed E-state index contributed by atoms with van der Waals surface area (Å²) in [4.78, 5) is 48.2. The Hall–Kier alpha value is -2.16. The molecule has 0 spiro atoms. The van der Waals surface area contributed by atoms with Crippen LogP contribution >= 0.6 is 0 Å². The smallest absolute Gasteiger partial charge is 0.243 e. The monoisotopic (exact) mass is 341 g/mol. The van der Waals surface area contributed by atoms with E-state index in [0.29, 0.717) is 25.8 Å². The molecular formula is C15H27N5O4. The number of amides is 4. The zero-order chi connectivity index (χ0) is 18.3. The van der Waals surface area contributed by atoms with Crippen molar-refractivity contribution in [1.82, 2.24) is 15.5 Å². The highest BCUT2D eigenvalue weighted by molar-refractivity contribution is 5.92. The molecule has 0 aliphatic carbocycles. The summed E-state index contributed by atoms with van der Waals surface area (Å²) in [6.45, 7) is 3.87. The fourth-order valence-electron chi connectivity index (χ4n) is 2.64. The highest BCUT2D eigenvalue weighted by Crippen LogP contribution is 2.17. The van der Waals surface area contributed by atoms with Gasteiger partial charge in [0.15, 0.2) is 0 Å². The average Bonchev–Trinajstić information content (AvgIpc) is 2.98. The summed E-state index contributed by atoms with van der Waals surface area (Å²) in [5, 5.41) is 4.91. The lowest BCUT2D eigenvalue weighted by molar-refractivity contribution is -0.139. The molecule has 136 valence electrons. The van der Waals surface area contributed by atoms with E-state index in [1.165, 1.54) is 4.90 Å². The standard InChI is InChI=1S/C15H27N5O4/c1-9(2)6-10(16)14(23)19-8-13(22)20-5-3-4-11(20)15(24)18-7-12(17)21/h9-11H,3-8,16H2,1-2H3,(H2,17,21)(H,18,24)(H,19,23)/t10-,11-/m0/s1. The largest absolute Gasteiger partial charge is 0.368 e. The Balaban J connectivity index is 2.49. The van der Waals surface area contributed by atoms with E-state index in [9.17, 15) is 19.2 Å². The summed E-state index contributed by atoms with van der Waals surface area (Å²) in [7, 11) is 0. The molecule has 2 atom stereocenters. The molecule has 0 aromatic rings. The van der Waals surface area contributed by atoms with Crippen molar-refractivity contribution in [1.29, 1.82) is 0 Å². The normalized spacial score (nSPS) is 18.3. The van der Waals surface area contributed by atoms with Crippen LogP contribution < -0.4 is 22.1 Å². The fourth-order valence-corrected chi connectivity index (χ4v) is 2.64. The van der Waals surface area contributed by atoms with E-state index < -0.39 is 23.9 Å². The van der Waals surface area contributed by atoms with E-state index in [-0.39, 0.29) is 30.8 Å². The van der Waals surface area contributed by atoms with Gasteiger partial charge < -0.3 is 27.0 Å². The van der Waals surface area contributed by atoms with Crippen molar-refractivity contribution < 1.29 is 19.2 Å². The number of nitrogens with zero attached hydrogens (tertiary/aromatic N) is 1. The zero-order valence-corrected chi connectivity index (χ0v) is 14.2. The van der Waals surface area contributed by atoms with Gasteiger partial charge in [-0.05, 0) is 25.2 Å². The predicted octanol–water partition coefficient (Wildman–Crippen LogP) is -1.93. The van der Waals surface area contributed by atoms with Crippen LogP contribution in [0.15, 0.2) is 0 Å². The van der Waals surface area contributed by atoms with Gasteiger partial charge in [0, 0.05) is 6.54 Å². The minimum Gasteiger partial charge on any atom is -0.368 e. The average molecular weight is 341 g/mol. The second-order valence-corrected chi connectivity index (χ2v) is 6.38. The van der Waals surface area contributed by atoms with Crippen molar-refractivity contribution in [2.24, 2.45) is 17.4 Å². The lowest BCUT2D eigenvalue weighted by Crippen LogP contribution is -2.51. The fraction of sp³-hybridized carbons (Fsp3) is 0.733. The first-order valence-electron chi connectivity index (χ1n) is 8.11. The number of hydrogen-bond acceptors (Lipinski definition) is 5. The Morgan fingerprint density at radius 2 is 1.83 bits per heavy atom. The topological polar surface area (TPSA) is 148 Å². The van der Waals surface area contributed by atoms with Gasteiger partial charge in [0.2, 0.25) is 23.6 Å². The van der Waals surface area contributed by atoms with Gasteiger partial charge in [-0.15, -0.1) is 0 Å². The highest BCUT2D eigenvalue weighted by atomic mass is 16.2. The quantitative estimate of drug-likeness (QED) is 0.406. The number of carbonyl (C=O) groups excluding carboxylic acids is 4. The van der Waals surface area contributed by atoms with E-state index in [1.54, 1.807) is 0 Å². The van der Waals surface area contributed by atoms with Crippen LogP contribution in [0.2, 0.25) is 0 Å². The first-order valence-corrected chi connectivity index (χ1v) is 8.11. The first-order chi connectivity index (χ1) is 11.2. The van der Waals surface area contributed by atoms with Crippen LogP contribution in [0.4, 0.5) is 0 Å². The van der Waals surface area contributed by atoms with Crippen molar-refractivity contribution in [3.8, 4) is 0 Å². The van der Waals surface area contributed by atoms with Gasteiger partial charge in [0.25, 0.3) is 0 Å². The second-order valence-electron chi connectivity index (χ2n) is 6.38. The van der Waals surface area contributed by atoms with Crippen LogP contribution in [0.5, 0.6) is 0 Å². The van der Waals surface area contributed by atoms with E-state index in [0.717, 1.165) is 0 Å². The number of rotatable bonds is 8. The zero-order valence-electron chi connectivity index (χ0n) is 14.2. The number of primary amides is 1. The Bertz CT molecular complexity index is 494. The van der Waals surface area contributed by atoms with Crippen molar-refractivity contribution >= 4 is 23.6 Å². The van der Waals surface area contributed by atoms with Gasteiger partial charge in [-0.3, -0.25) is 19.2 Å². The van der Waals surface area contributed by atoms with Crippen LogP contribution in [-0.4, -0.2) is 60.2 Å². The number of likely N-dealkylation sites (tertiary alicyclic amines) is 1. The first kappa shape index (κ1) is 19.9. The molecule has 0 aromatic heterocycles. The van der Waals surface area contributed by atoms with Gasteiger partial charge in [0.05, 0.1) is 19.1 Å². The third kappa shape index (κ3) is 6.15. The highest BCUT2D eigenvalue weighted by Gasteiger charge is 2.34. The minimum atomic E-state index is -0.661. The van der Waals surface area contributed by atoms with Crippen LogP contribution in [-0.2, 0) is 19.2 Å². The predicted molar refractivity (Wildman–Crippen MR) is 87.4 cm³/mol. The molecule has 0 radical (unpaired) electrons. The maximum atomic E-state index is 12.2. The number of nitrogens with one attached hydrogen (secondary N) is 2. The maximum Gasteiger partial charge on any atom is 0.243 e. The number of nitrogens with two attached hydrogens (primary N) is 2. The third-order valence-corrected chi connectivity index (χ3v) is 3.79. The van der Waals surface area contributed by atoms with E-state index in [1.807, 2.05) is 13.8 Å². The molecule has 1 aliphatic heterocycles. The summed E-state index contributed by atoms with van der Waals surface area (Å²) in [6, 6.07) is -1.30. The van der Waals surface area contributed by atoms with Gasteiger partial charge in [-0.1, -0.05) is 13.8 Å². The molecule has 9 heteroatoms. The molecule has 1 aliphatic rings. The Labute approximate surface area is 141 Å². The second kappa shape index (κ2) is 9.21. The Morgan fingerprint density at radius 1 is 1.17 bits per heavy atom. The van der Waals surface area contributed by atoms with Crippen molar-refractivity contribution in [2.45, 2.75) is 45.2 Å². The molecule has 0 bridgehead atoms. The lowest BCUT2D eigenvalue weighted by Gasteiger charge is -2.24. The summed E-state index contributed by atoms with van der Waals surface area (Å²) in [5.74, 6) is -1.52. The van der Waals surface area contributed by atoms with Crippen molar-refractivity contribution in [3.05, 3.63) is 0 Å². The SMILES string of the molecule is CC(C)C[C@H](N)C(=O)NCC(=O)N1CCC[C@H]1C(=O)NCC(N)=O. The van der Waals surface area contributed by atoms with Crippen LogP contribution in [0.25, 0.3) is 0 Å². The summed E-state index contributed by atoms with van der Waals surface area (Å²) < 4.78 is 0. The summed E-state index contributed by atoms with van der Waals surface area (Å²) in [5.41, 5.74) is 10.7. The lowest BCUT2D eigenvalue weighted by atomic mass is 10.0. The Morgan fingerprint density at radius 3 is 2.42 bits per heavy atom. The molecular weight excluding hydrogens is 314 g/mol. The molecule has 1 heterocycles. The van der Waals surface area contributed by atoms with Gasteiger partial charge in [-0.2, -0.15) is 0 Å². The van der Waals surface area contributed by atoms with Gasteiger partial charge in [0.1, 0.15) is 6.04 Å². The van der Waals surface area contributed by atoms with Crippen LogP contribution in [0.1, 0.15) is 33.1 Å². The number of carbonyl (C=O) groups is 4. The molecule has 0 saturated carbocycles. The third-order valence-electron chi connectivity index (χ3n) is 3.79. The van der Waals surface area contributed by atoms with Crippen LogP contribution in [0.3, 0.4) is 0 Å². The van der Waals surface area contributed by atoms with E-state index in [4.69, 9.17) is 11.5 Å². The molecule has 6 N–H and O–H groups in total. The molecule has 0 unspecified atom stereocenters. The van der Waals surface area contributed by atoms with Gasteiger partial charge in [-0.25, -0.2) is 0 Å². The summed E-state index contributed by atoms with van der Waals surface area (Å²) in [6.07, 6.45) is 1.72. The molecule has 1 rings (SSSR count). The molecule has 24 heavy (non-hydrogen) atoms. The molecule has 0 aromatic carbocycles. The van der Waals surface area contributed by atoms with E-state index in [2.05, 4.69) is 10.6 Å².